The molecule has 0 spiro atoms. The monoisotopic (exact) mass is 312 g/mol. The average Bonchev–Trinajstić information content (AvgIpc) is 2.68. The van der Waals surface area contributed by atoms with E-state index in [-0.39, 0.29) is 11.9 Å². The first kappa shape index (κ1) is 18.9. The summed E-state index contributed by atoms with van der Waals surface area (Å²) in [4.78, 5) is 23.6. The molecule has 0 bridgehead atoms. The Morgan fingerprint density at radius 1 is 1.18 bits per heavy atom. The molecule has 0 aromatic rings. The fourth-order valence-corrected chi connectivity index (χ4v) is 2.79. The largest absolute Gasteiger partial charge is 0.465 e. The third kappa shape index (κ3) is 7.25. The number of ether oxygens (including phenoxy) is 1. The lowest BCUT2D eigenvalue weighted by Crippen LogP contribution is -2.46. The van der Waals surface area contributed by atoms with Gasteiger partial charge in [-0.3, -0.25) is 9.59 Å². The normalized spacial score (nSPS) is 22.0. The van der Waals surface area contributed by atoms with Crippen LogP contribution in [0.2, 0.25) is 0 Å². The molecule has 1 aliphatic rings. The van der Waals surface area contributed by atoms with Crippen LogP contribution < -0.4 is 11.1 Å². The molecular formula is C17H32N2O3. The summed E-state index contributed by atoms with van der Waals surface area (Å²) in [5.41, 5.74) is 5.82. The van der Waals surface area contributed by atoms with Gasteiger partial charge in [0.05, 0.1) is 18.6 Å². The molecule has 1 aliphatic heterocycles. The quantitative estimate of drug-likeness (QED) is 0.480. The first-order valence-corrected chi connectivity index (χ1v) is 8.86. The van der Waals surface area contributed by atoms with Crippen molar-refractivity contribution in [1.82, 2.24) is 5.32 Å². The minimum Gasteiger partial charge on any atom is -0.465 e. The number of carbonyl (C=O) groups excluding carboxylic acids is 2. The van der Waals surface area contributed by atoms with Gasteiger partial charge in [0.15, 0.2) is 0 Å². The second-order valence-electron chi connectivity index (χ2n) is 6.21. The van der Waals surface area contributed by atoms with Crippen LogP contribution >= 0.6 is 0 Å². The fourth-order valence-electron chi connectivity index (χ4n) is 2.79. The van der Waals surface area contributed by atoms with Crippen molar-refractivity contribution in [2.45, 2.75) is 77.2 Å². The maximum atomic E-state index is 12.0. The smallest absolute Gasteiger partial charge is 0.311 e. The number of hydrogen-bond donors (Lipinski definition) is 2. The zero-order valence-corrected chi connectivity index (χ0v) is 13.9. The molecule has 1 unspecified atom stereocenters. The first-order valence-electron chi connectivity index (χ1n) is 8.86. The van der Waals surface area contributed by atoms with Crippen molar-refractivity contribution in [3.05, 3.63) is 0 Å². The summed E-state index contributed by atoms with van der Waals surface area (Å²) in [5.74, 6) is -1.05. The van der Waals surface area contributed by atoms with Crippen molar-refractivity contribution in [3.63, 3.8) is 0 Å². The Balaban J connectivity index is 2.08. The molecule has 5 heteroatoms. The SMILES string of the molecule is CCCCCCCCCCOC(=O)C1CCCNC(=O)[C@H]1N. The molecule has 1 amide bonds. The molecule has 0 aromatic heterocycles. The van der Waals surface area contributed by atoms with E-state index in [1.807, 2.05) is 0 Å². The van der Waals surface area contributed by atoms with E-state index in [2.05, 4.69) is 12.2 Å². The molecule has 1 rings (SSSR count). The number of carbonyl (C=O) groups is 2. The number of rotatable bonds is 10. The van der Waals surface area contributed by atoms with Crippen LogP contribution in [0.5, 0.6) is 0 Å². The molecule has 2 atom stereocenters. The second-order valence-corrected chi connectivity index (χ2v) is 6.21. The van der Waals surface area contributed by atoms with Crippen LogP contribution in [0.25, 0.3) is 0 Å². The molecule has 0 aromatic carbocycles. The highest BCUT2D eigenvalue weighted by atomic mass is 16.5. The van der Waals surface area contributed by atoms with E-state index in [1.54, 1.807) is 0 Å². The van der Waals surface area contributed by atoms with E-state index in [1.165, 1.54) is 38.5 Å². The lowest BCUT2D eigenvalue weighted by molar-refractivity contribution is -0.151. The minimum absolute atomic E-state index is 0.244. The molecule has 1 heterocycles. The van der Waals surface area contributed by atoms with Gasteiger partial charge < -0.3 is 15.8 Å². The Kier molecular flexibility index (Phi) is 9.87. The highest BCUT2D eigenvalue weighted by molar-refractivity contribution is 5.88. The highest BCUT2D eigenvalue weighted by Crippen LogP contribution is 2.16. The summed E-state index contributed by atoms with van der Waals surface area (Å²) in [6.07, 6.45) is 11.1. The van der Waals surface area contributed by atoms with E-state index in [0.29, 0.717) is 19.6 Å². The summed E-state index contributed by atoms with van der Waals surface area (Å²) in [6, 6.07) is -0.770. The van der Waals surface area contributed by atoms with Crippen molar-refractivity contribution in [2.24, 2.45) is 11.7 Å². The number of hydrogen-bond acceptors (Lipinski definition) is 4. The molecule has 3 N–H and O–H groups in total. The highest BCUT2D eigenvalue weighted by Gasteiger charge is 2.33. The van der Waals surface area contributed by atoms with E-state index < -0.39 is 12.0 Å². The van der Waals surface area contributed by atoms with Crippen molar-refractivity contribution < 1.29 is 14.3 Å². The van der Waals surface area contributed by atoms with E-state index in [0.717, 1.165) is 19.3 Å². The predicted octanol–water partition coefficient (Wildman–Crippen LogP) is 2.52. The number of nitrogens with one attached hydrogen (secondary N) is 1. The van der Waals surface area contributed by atoms with Gasteiger partial charge in [-0.05, 0) is 19.3 Å². The standard InChI is InChI=1S/C17H32N2O3/c1-2-3-4-5-6-7-8-9-13-22-17(21)14-11-10-12-19-16(20)15(14)18/h14-15H,2-13,18H2,1H3,(H,19,20)/t14?,15-/m0/s1. The van der Waals surface area contributed by atoms with Crippen LogP contribution in [-0.4, -0.2) is 31.1 Å². The number of unbranched alkanes of at least 4 members (excludes halogenated alkanes) is 7. The lowest BCUT2D eigenvalue weighted by Gasteiger charge is -2.18. The van der Waals surface area contributed by atoms with Crippen molar-refractivity contribution in [1.29, 1.82) is 0 Å². The molecule has 5 nitrogen and oxygen atoms in total. The van der Waals surface area contributed by atoms with Gasteiger partial charge in [0, 0.05) is 6.54 Å². The first-order chi connectivity index (χ1) is 10.7. The van der Waals surface area contributed by atoms with Gasteiger partial charge in [-0.15, -0.1) is 0 Å². The van der Waals surface area contributed by atoms with Gasteiger partial charge in [0.2, 0.25) is 5.91 Å². The Morgan fingerprint density at radius 3 is 2.50 bits per heavy atom. The predicted molar refractivity (Wildman–Crippen MR) is 87.3 cm³/mol. The van der Waals surface area contributed by atoms with Crippen molar-refractivity contribution >= 4 is 11.9 Å². The zero-order valence-electron chi connectivity index (χ0n) is 13.9. The number of nitrogens with two attached hydrogens (primary N) is 1. The Morgan fingerprint density at radius 2 is 1.82 bits per heavy atom. The third-order valence-corrected chi connectivity index (χ3v) is 4.27. The topological polar surface area (TPSA) is 81.4 Å². The molecule has 0 saturated carbocycles. The third-order valence-electron chi connectivity index (χ3n) is 4.27. The van der Waals surface area contributed by atoms with Gasteiger partial charge in [-0.25, -0.2) is 0 Å². The van der Waals surface area contributed by atoms with Gasteiger partial charge in [-0.1, -0.05) is 51.9 Å². The number of esters is 1. The molecule has 1 fully saturated rings. The summed E-state index contributed by atoms with van der Waals surface area (Å²) < 4.78 is 5.30. The van der Waals surface area contributed by atoms with Crippen LogP contribution in [-0.2, 0) is 14.3 Å². The van der Waals surface area contributed by atoms with Crippen LogP contribution in [0.15, 0.2) is 0 Å². The Bertz CT molecular complexity index is 334. The summed E-state index contributed by atoms with van der Waals surface area (Å²) in [7, 11) is 0. The number of amides is 1. The molecule has 22 heavy (non-hydrogen) atoms. The maximum absolute atomic E-state index is 12.0. The molecule has 0 radical (unpaired) electrons. The lowest BCUT2D eigenvalue weighted by atomic mass is 9.96. The minimum atomic E-state index is -0.770. The summed E-state index contributed by atoms with van der Waals surface area (Å²) in [5, 5.41) is 2.71. The van der Waals surface area contributed by atoms with Crippen LogP contribution in [0.4, 0.5) is 0 Å². The molecule has 0 aliphatic carbocycles. The van der Waals surface area contributed by atoms with Crippen LogP contribution in [0.3, 0.4) is 0 Å². The maximum Gasteiger partial charge on any atom is 0.311 e. The van der Waals surface area contributed by atoms with Gasteiger partial charge >= 0.3 is 5.97 Å². The Labute approximate surface area is 134 Å². The van der Waals surface area contributed by atoms with E-state index in [4.69, 9.17) is 10.5 Å². The van der Waals surface area contributed by atoms with Gasteiger partial charge in [-0.2, -0.15) is 0 Å². The van der Waals surface area contributed by atoms with Crippen LogP contribution in [0, 0.1) is 5.92 Å². The molecule has 128 valence electrons. The average molecular weight is 312 g/mol. The Hall–Kier alpha value is -1.10. The van der Waals surface area contributed by atoms with Gasteiger partial charge in [0.1, 0.15) is 0 Å². The van der Waals surface area contributed by atoms with E-state index in [9.17, 15) is 9.59 Å². The van der Waals surface area contributed by atoms with Crippen LogP contribution in [0.1, 0.15) is 71.1 Å². The fraction of sp³-hybridized carbons (Fsp3) is 0.882. The molecule has 1 saturated heterocycles. The molecular weight excluding hydrogens is 280 g/mol. The second kappa shape index (κ2) is 11.5. The van der Waals surface area contributed by atoms with Gasteiger partial charge in [0.25, 0.3) is 0 Å². The van der Waals surface area contributed by atoms with Crippen molar-refractivity contribution in [3.8, 4) is 0 Å². The zero-order chi connectivity index (χ0) is 16.2. The van der Waals surface area contributed by atoms with E-state index >= 15 is 0 Å². The van der Waals surface area contributed by atoms with Crippen molar-refractivity contribution in [2.75, 3.05) is 13.2 Å². The summed E-state index contributed by atoms with van der Waals surface area (Å²) >= 11 is 0. The summed E-state index contributed by atoms with van der Waals surface area (Å²) in [6.45, 7) is 3.26.